The smallest absolute Gasteiger partial charge is 0.344 e. The van der Waals surface area contributed by atoms with Gasteiger partial charge in [0.05, 0.1) is 30.3 Å². The third kappa shape index (κ3) is 8.67. The first-order valence-corrected chi connectivity index (χ1v) is 12.6. The van der Waals surface area contributed by atoms with Gasteiger partial charge in [0.1, 0.15) is 5.75 Å². The predicted octanol–water partition coefficient (Wildman–Crippen LogP) is 7.47. The van der Waals surface area contributed by atoms with E-state index in [0.29, 0.717) is 23.8 Å². The van der Waals surface area contributed by atoms with E-state index in [1.165, 1.54) is 31.0 Å². The second-order valence-corrected chi connectivity index (χ2v) is 8.92. The zero-order valence-electron chi connectivity index (χ0n) is 20.9. The van der Waals surface area contributed by atoms with Gasteiger partial charge in [-0.25, -0.2) is 14.8 Å². The lowest BCUT2D eigenvalue weighted by molar-refractivity contribution is 0.0727. The number of allylic oxidation sites excluding steroid dienone is 1. The third-order valence-corrected chi connectivity index (χ3v) is 6.02. The van der Waals surface area contributed by atoms with Gasteiger partial charge in [0, 0.05) is 5.56 Å². The van der Waals surface area contributed by atoms with Crippen LogP contribution in [0.5, 0.6) is 11.6 Å². The third-order valence-electron chi connectivity index (χ3n) is 6.02. The Kier molecular flexibility index (Phi) is 10.5. The Labute approximate surface area is 209 Å². The lowest BCUT2D eigenvalue weighted by atomic mass is 10.0. The second-order valence-electron chi connectivity index (χ2n) is 8.92. The summed E-state index contributed by atoms with van der Waals surface area (Å²) in [6, 6.07) is 15.4. The molecule has 0 saturated heterocycles. The van der Waals surface area contributed by atoms with E-state index in [1.54, 1.807) is 6.20 Å². The fourth-order valence-corrected chi connectivity index (χ4v) is 3.53. The molecule has 3 rings (SSSR count). The van der Waals surface area contributed by atoms with Crippen molar-refractivity contribution in [1.29, 1.82) is 0 Å². The molecule has 0 aliphatic rings. The summed E-state index contributed by atoms with van der Waals surface area (Å²) < 4.78 is 11.2. The topological polar surface area (TPSA) is 61.3 Å². The molecule has 0 bridgehead atoms. The fourth-order valence-electron chi connectivity index (χ4n) is 3.53. The Morgan fingerprint density at radius 1 is 0.971 bits per heavy atom. The van der Waals surface area contributed by atoms with Gasteiger partial charge in [-0.1, -0.05) is 51.3 Å². The minimum absolute atomic E-state index is 0.177. The average molecular weight is 473 g/mol. The number of aromatic nitrogens is 2. The summed E-state index contributed by atoms with van der Waals surface area (Å²) in [6.45, 7) is 8.78. The van der Waals surface area contributed by atoms with Crippen LogP contribution in [0.4, 0.5) is 0 Å². The first-order chi connectivity index (χ1) is 17.1. The van der Waals surface area contributed by atoms with E-state index in [2.05, 4.69) is 30.4 Å². The molecule has 35 heavy (non-hydrogen) atoms. The number of esters is 1. The molecule has 184 valence electrons. The van der Waals surface area contributed by atoms with Crippen LogP contribution >= 0.6 is 0 Å². The first kappa shape index (κ1) is 26.1. The SMILES string of the molecule is C=CCCCCCCc1ccc(C(=O)Oc2cnc(-c3ccc(OCC(C)CC)cc3)cn2)cc1. The zero-order chi connectivity index (χ0) is 24.9. The largest absolute Gasteiger partial charge is 0.493 e. The molecule has 0 N–H and O–H groups in total. The van der Waals surface area contributed by atoms with Gasteiger partial charge < -0.3 is 9.47 Å². The molecule has 0 saturated carbocycles. The number of nitrogens with zero attached hydrogens (tertiary/aromatic N) is 2. The zero-order valence-corrected chi connectivity index (χ0v) is 20.9. The minimum atomic E-state index is -0.439. The molecule has 0 aliphatic heterocycles. The number of carbonyl (C=O) groups excluding carboxylic acids is 1. The number of rotatable bonds is 14. The molecule has 3 aromatic rings. The Morgan fingerprint density at radius 3 is 2.37 bits per heavy atom. The summed E-state index contributed by atoms with van der Waals surface area (Å²) >= 11 is 0. The fraction of sp³-hybridized carbons (Fsp3) is 0.367. The molecule has 0 aliphatic carbocycles. The highest BCUT2D eigenvalue weighted by molar-refractivity contribution is 5.90. The Balaban J connectivity index is 1.48. The van der Waals surface area contributed by atoms with Gasteiger partial charge in [0.25, 0.3) is 0 Å². The van der Waals surface area contributed by atoms with Crippen LogP contribution in [0.3, 0.4) is 0 Å². The molecule has 1 heterocycles. The van der Waals surface area contributed by atoms with Gasteiger partial charge in [-0.3, -0.25) is 0 Å². The molecule has 5 heteroatoms. The molecule has 1 unspecified atom stereocenters. The number of unbranched alkanes of at least 4 members (excludes halogenated alkanes) is 4. The highest BCUT2D eigenvalue weighted by Gasteiger charge is 2.11. The molecule has 1 atom stereocenters. The number of carbonyl (C=O) groups is 1. The van der Waals surface area contributed by atoms with E-state index in [9.17, 15) is 4.79 Å². The summed E-state index contributed by atoms with van der Waals surface area (Å²) in [4.78, 5) is 21.2. The van der Waals surface area contributed by atoms with E-state index in [-0.39, 0.29) is 5.88 Å². The maximum Gasteiger partial charge on any atom is 0.344 e. The van der Waals surface area contributed by atoms with Gasteiger partial charge >= 0.3 is 5.97 Å². The van der Waals surface area contributed by atoms with Crippen molar-refractivity contribution in [3.05, 3.63) is 84.7 Å². The molecule has 1 aromatic heterocycles. The minimum Gasteiger partial charge on any atom is -0.493 e. The lowest BCUT2D eigenvalue weighted by Gasteiger charge is -2.11. The molecule has 0 spiro atoms. The summed E-state index contributed by atoms with van der Waals surface area (Å²) in [6.07, 6.45) is 13.0. The van der Waals surface area contributed by atoms with Crippen LogP contribution in [0.2, 0.25) is 0 Å². The monoisotopic (exact) mass is 472 g/mol. The summed E-state index contributed by atoms with van der Waals surface area (Å²) in [5.41, 5.74) is 3.35. The second kappa shape index (κ2) is 14.1. The van der Waals surface area contributed by atoms with Crippen LogP contribution in [0, 0.1) is 5.92 Å². The van der Waals surface area contributed by atoms with Crippen molar-refractivity contribution >= 4 is 5.97 Å². The van der Waals surface area contributed by atoms with Crippen molar-refractivity contribution in [2.24, 2.45) is 5.92 Å². The van der Waals surface area contributed by atoms with E-state index < -0.39 is 5.97 Å². The van der Waals surface area contributed by atoms with Crippen LogP contribution < -0.4 is 9.47 Å². The lowest BCUT2D eigenvalue weighted by Crippen LogP contribution is -2.09. The van der Waals surface area contributed by atoms with Crippen molar-refractivity contribution in [2.75, 3.05) is 6.61 Å². The Hall–Kier alpha value is -3.47. The van der Waals surface area contributed by atoms with Gasteiger partial charge in [-0.2, -0.15) is 0 Å². The normalized spacial score (nSPS) is 11.6. The van der Waals surface area contributed by atoms with Gasteiger partial charge in [-0.15, -0.1) is 6.58 Å². The number of aryl methyl sites for hydroxylation is 1. The quantitative estimate of drug-likeness (QED) is 0.138. The average Bonchev–Trinajstić information content (AvgIpc) is 2.90. The van der Waals surface area contributed by atoms with Crippen molar-refractivity contribution in [1.82, 2.24) is 9.97 Å². The number of ether oxygens (including phenoxy) is 2. The van der Waals surface area contributed by atoms with Gasteiger partial charge in [0.15, 0.2) is 0 Å². The van der Waals surface area contributed by atoms with Crippen LogP contribution in [0.25, 0.3) is 11.3 Å². The molecule has 5 nitrogen and oxygen atoms in total. The first-order valence-electron chi connectivity index (χ1n) is 12.6. The van der Waals surface area contributed by atoms with Crippen molar-refractivity contribution < 1.29 is 14.3 Å². The molecule has 2 aromatic carbocycles. The van der Waals surface area contributed by atoms with Gasteiger partial charge in [0.2, 0.25) is 5.88 Å². The van der Waals surface area contributed by atoms with Crippen molar-refractivity contribution in [3.8, 4) is 22.9 Å². The molecular weight excluding hydrogens is 436 g/mol. The number of benzene rings is 2. The van der Waals surface area contributed by atoms with Crippen LogP contribution in [-0.2, 0) is 6.42 Å². The van der Waals surface area contributed by atoms with E-state index in [1.807, 2.05) is 54.6 Å². The Morgan fingerprint density at radius 2 is 1.71 bits per heavy atom. The highest BCUT2D eigenvalue weighted by atomic mass is 16.5. The molecule has 0 radical (unpaired) electrons. The van der Waals surface area contributed by atoms with Gasteiger partial charge in [-0.05, 0) is 73.6 Å². The summed E-state index contributed by atoms with van der Waals surface area (Å²) in [5.74, 6) is 1.10. The predicted molar refractivity (Wildman–Crippen MR) is 141 cm³/mol. The van der Waals surface area contributed by atoms with E-state index in [4.69, 9.17) is 9.47 Å². The highest BCUT2D eigenvalue weighted by Crippen LogP contribution is 2.22. The van der Waals surface area contributed by atoms with E-state index >= 15 is 0 Å². The van der Waals surface area contributed by atoms with Crippen molar-refractivity contribution in [3.63, 3.8) is 0 Å². The molecular formula is C30H36N2O3. The standard InChI is InChI=1S/C30H36N2O3/c1-4-6-7-8-9-10-11-24-12-14-26(15-13-24)30(33)35-29-21-31-28(20-32-29)25-16-18-27(19-17-25)34-22-23(3)5-2/h4,12-21,23H,1,5-11,22H2,2-3H3. The molecule has 0 fully saturated rings. The van der Waals surface area contributed by atoms with Crippen LogP contribution in [0.15, 0.2) is 73.6 Å². The molecule has 0 amide bonds. The van der Waals surface area contributed by atoms with Crippen LogP contribution in [0.1, 0.15) is 68.3 Å². The Bertz CT molecular complexity index is 1040. The maximum atomic E-state index is 12.5. The van der Waals surface area contributed by atoms with Crippen molar-refractivity contribution in [2.45, 2.75) is 58.8 Å². The van der Waals surface area contributed by atoms with E-state index in [0.717, 1.165) is 37.0 Å². The number of hydrogen-bond donors (Lipinski definition) is 0. The summed E-state index contributed by atoms with van der Waals surface area (Å²) in [7, 11) is 0. The maximum absolute atomic E-state index is 12.5. The number of hydrogen-bond acceptors (Lipinski definition) is 5. The van der Waals surface area contributed by atoms with Crippen LogP contribution in [-0.4, -0.2) is 22.5 Å². The summed E-state index contributed by atoms with van der Waals surface area (Å²) in [5, 5.41) is 0.